The summed E-state index contributed by atoms with van der Waals surface area (Å²) in [6.45, 7) is 22.5. The number of hydrogen-bond acceptors (Lipinski definition) is 4. The van der Waals surface area contributed by atoms with E-state index in [1.54, 1.807) is 0 Å². The molecule has 4 heteroatoms. The van der Waals surface area contributed by atoms with Gasteiger partial charge < -0.3 is 14.7 Å². The first-order valence-electron chi connectivity index (χ1n) is 12.8. The van der Waals surface area contributed by atoms with Crippen molar-refractivity contribution < 1.29 is 0 Å². The summed E-state index contributed by atoms with van der Waals surface area (Å²) in [5, 5.41) is 0. The molecule has 29 heavy (non-hydrogen) atoms. The average Bonchev–Trinajstić information content (AvgIpc) is 3.04. The highest BCUT2D eigenvalue weighted by atomic mass is 15.2. The Balaban J connectivity index is 1.59. The SMILES string of the molecule is CC(C)CCCN1CCCN(C(C)CCC(C)CCN2CCCN(C)CC2)CC1. The molecule has 2 atom stereocenters. The van der Waals surface area contributed by atoms with Gasteiger partial charge in [0.1, 0.15) is 0 Å². The molecule has 2 aliphatic rings. The van der Waals surface area contributed by atoms with Crippen LogP contribution in [0.5, 0.6) is 0 Å². The maximum Gasteiger partial charge on any atom is 0.0112 e. The van der Waals surface area contributed by atoms with Crippen molar-refractivity contribution in [3.8, 4) is 0 Å². The standard InChI is InChI=1S/C25H52N4/c1-23(2)9-6-14-27-16-8-17-29(22-21-27)25(4)11-10-24(3)12-18-28-15-7-13-26(5)19-20-28/h23-25H,6-22H2,1-5H3. The molecule has 2 rings (SSSR count). The van der Waals surface area contributed by atoms with Gasteiger partial charge in [-0.15, -0.1) is 0 Å². The lowest BCUT2D eigenvalue weighted by molar-refractivity contribution is 0.188. The monoisotopic (exact) mass is 408 g/mol. The summed E-state index contributed by atoms with van der Waals surface area (Å²) < 4.78 is 0. The van der Waals surface area contributed by atoms with Gasteiger partial charge in [-0.25, -0.2) is 0 Å². The molecule has 0 amide bonds. The highest BCUT2D eigenvalue weighted by molar-refractivity contribution is 4.76. The van der Waals surface area contributed by atoms with Crippen LogP contribution in [-0.4, -0.2) is 98.1 Å². The molecular weight excluding hydrogens is 356 g/mol. The molecule has 0 bridgehead atoms. The zero-order valence-electron chi connectivity index (χ0n) is 20.5. The normalized spacial score (nSPS) is 23.8. The second-order valence-corrected chi connectivity index (χ2v) is 10.6. The second kappa shape index (κ2) is 14.0. The lowest BCUT2D eigenvalue weighted by Gasteiger charge is -2.29. The van der Waals surface area contributed by atoms with Crippen LogP contribution in [-0.2, 0) is 0 Å². The van der Waals surface area contributed by atoms with Crippen LogP contribution in [0.4, 0.5) is 0 Å². The van der Waals surface area contributed by atoms with Crippen LogP contribution in [0.25, 0.3) is 0 Å². The maximum absolute atomic E-state index is 2.78. The molecule has 2 aliphatic heterocycles. The summed E-state index contributed by atoms with van der Waals surface area (Å²) in [6, 6.07) is 0.750. The van der Waals surface area contributed by atoms with Crippen molar-refractivity contribution in [1.29, 1.82) is 0 Å². The van der Waals surface area contributed by atoms with Gasteiger partial charge in [0.25, 0.3) is 0 Å². The van der Waals surface area contributed by atoms with E-state index in [0.717, 1.165) is 17.9 Å². The van der Waals surface area contributed by atoms with E-state index in [1.807, 2.05) is 0 Å². The molecule has 2 saturated heterocycles. The molecule has 2 unspecified atom stereocenters. The van der Waals surface area contributed by atoms with Crippen LogP contribution >= 0.6 is 0 Å². The number of hydrogen-bond donors (Lipinski definition) is 0. The lowest BCUT2D eigenvalue weighted by Crippen LogP contribution is -2.37. The largest absolute Gasteiger partial charge is 0.305 e. The number of rotatable bonds is 11. The van der Waals surface area contributed by atoms with E-state index in [2.05, 4.69) is 54.3 Å². The smallest absolute Gasteiger partial charge is 0.0112 e. The predicted molar refractivity (Wildman–Crippen MR) is 128 cm³/mol. The van der Waals surface area contributed by atoms with Crippen LogP contribution < -0.4 is 0 Å². The summed E-state index contributed by atoms with van der Waals surface area (Å²) >= 11 is 0. The van der Waals surface area contributed by atoms with E-state index in [4.69, 9.17) is 0 Å². The molecule has 0 aromatic heterocycles. The molecule has 0 N–H and O–H groups in total. The molecule has 0 aromatic rings. The Bertz CT molecular complexity index is 414. The van der Waals surface area contributed by atoms with Crippen molar-refractivity contribution in [2.45, 2.75) is 78.7 Å². The third-order valence-electron chi connectivity index (χ3n) is 7.33. The number of nitrogens with zero attached hydrogens (tertiary/aromatic N) is 4. The minimum Gasteiger partial charge on any atom is -0.305 e. The highest BCUT2D eigenvalue weighted by Crippen LogP contribution is 2.18. The topological polar surface area (TPSA) is 13.0 Å². The highest BCUT2D eigenvalue weighted by Gasteiger charge is 2.20. The summed E-state index contributed by atoms with van der Waals surface area (Å²) in [5.41, 5.74) is 0. The molecule has 4 nitrogen and oxygen atoms in total. The molecule has 0 aliphatic carbocycles. The van der Waals surface area contributed by atoms with Crippen LogP contribution in [0.15, 0.2) is 0 Å². The van der Waals surface area contributed by atoms with Crippen molar-refractivity contribution in [2.75, 3.05) is 72.5 Å². The van der Waals surface area contributed by atoms with Crippen molar-refractivity contribution >= 4 is 0 Å². The molecule has 0 spiro atoms. The maximum atomic E-state index is 2.78. The predicted octanol–water partition coefficient (Wildman–Crippen LogP) is 4.26. The van der Waals surface area contributed by atoms with E-state index in [-0.39, 0.29) is 0 Å². The molecule has 172 valence electrons. The van der Waals surface area contributed by atoms with Crippen LogP contribution in [0.1, 0.15) is 72.6 Å². The van der Waals surface area contributed by atoms with Gasteiger partial charge >= 0.3 is 0 Å². The first kappa shape index (κ1) is 25.1. The molecule has 0 aromatic carbocycles. The Morgan fingerprint density at radius 1 is 0.621 bits per heavy atom. The Kier molecular flexibility index (Phi) is 12.1. The fraction of sp³-hybridized carbons (Fsp3) is 1.00. The minimum atomic E-state index is 0.750. The van der Waals surface area contributed by atoms with Gasteiger partial charge in [-0.3, -0.25) is 4.90 Å². The summed E-state index contributed by atoms with van der Waals surface area (Å²) in [6.07, 6.45) is 9.58. The third kappa shape index (κ3) is 10.6. The Morgan fingerprint density at radius 2 is 1.31 bits per heavy atom. The summed E-state index contributed by atoms with van der Waals surface area (Å²) in [4.78, 5) is 10.7. The van der Waals surface area contributed by atoms with Gasteiger partial charge in [-0.2, -0.15) is 0 Å². The first-order chi connectivity index (χ1) is 13.9. The third-order valence-corrected chi connectivity index (χ3v) is 7.33. The van der Waals surface area contributed by atoms with Crippen LogP contribution in [0.3, 0.4) is 0 Å². The van der Waals surface area contributed by atoms with Crippen molar-refractivity contribution in [3.05, 3.63) is 0 Å². The second-order valence-electron chi connectivity index (χ2n) is 10.6. The van der Waals surface area contributed by atoms with E-state index >= 15 is 0 Å². The van der Waals surface area contributed by atoms with Gasteiger partial charge in [0.05, 0.1) is 0 Å². The molecular formula is C25H52N4. The van der Waals surface area contributed by atoms with Gasteiger partial charge in [0, 0.05) is 32.2 Å². The molecule has 0 saturated carbocycles. The average molecular weight is 409 g/mol. The molecule has 2 heterocycles. The zero-order chi connectivity index (χ0) is 21.1. The van der Waals surface area contributed by atoms with E-state index in [0.29, 0.717) is 0 Å². The molecule has 2 fully saturated rings. The van der Waals surface area contributed by atoms with Crippen LogP contribution in [0, 0.1) is 11.8 Å². The molecule has 0 radical (unpaired) electrons. The summed E-state index contributed by atoms with van der Waals surface area (Å²) in [7, 11) is 2.27. The Morgan fingerprint density at radius 3 is 2.07 bits per heavy atom. The zero-order valence-corrected chi connectivity index (χ0v) is 20.5. The fourth-order valence-electron chi connectivity index (χ4n) is 4.96. The fourth-order valence-corrected chi connectivity index (χ4v) is 4.96. The van der Waals surface area contributed by atoms with Gasteiger partial charge in [0.2, 0.25) is 0 Å². The van der Waals surface area contributed by atoms with Crippen molar-refractivity contribution in [2.24, 2.45) is 11.8 Å². The first-order valence-corrected chi connectivity index (χ1v) is 12.8. The van der Waals surface area contributed by atoms with Gasteiger partial charge in [-0.1, -0.05) is 20.8 Å². The quantitative estimate of drug-likeness (QED) is 0.506. The van der Waals surface area contributed by atoms with E-state index < -0.39 is 0 Å². The number of likely N-dealkylation sites (N-methyl/N-ethyl adjacent to an activating group) is 1. The Labute approximate surface area is 183 Å². The minimum absolute atomic E-state index is 0.750. The van der Waals surface area contributed by atoms with Gasteiger partial charge in [0.15, 0.2) is 0 Å². The Hall–Kier alpha value is -0.160. The van der Waals surface area contributed by atoms with Crippen molar-refractivity contribution in [3.63, 3.8) is 0 Å². The van der Waals surface area contributed by atoms with E-state index in [9.17, 15) is 0 Å². The summed E-state index contributed by atoms with van der Waals surface area (Å²) in [5.74, 6) is 1.71. The van der Waals surface area contributed by atoms with Crippen molar-refractivity contribution in [1.82, 2.24) is 19.6 Å². The van der Waals surface area contributed by atoms with Gasteiger partial charge in [-0.05, 0) is 110 Å². The lowest BCUT2D eigenvalue weighted by atomic mass is 9.98. The van der Waals surface area contributed by atoms with E-state index in [1.165, 1.54) is 110 Å². The van der Waals surface area contributed by atoms with Crippen LogP contribution in [0.2, 0.25) is 0 Å².